The molecule has 1 amide bonds. The molecule has 0 aliphatic rings. The zero-order valence-electron chi connectivity index (χ0n) is 10.1. The minimum Gasteiger partial charge on any atom is -0.467 e. The second kappa shape index (κ2) is 7.00. The molecule has 6 heteroatoms. The zero-order valence-corrected chi connectivity index (χ0v) is 10.9. The van der Waals surface area contributed by atoms with Gasteiger partial charge in [0.25, 0.3) is 0 Å². The fourth-order valence-corrected chi connectivity index (χ4v) is 2.24. The summed E-state index contributed by atoms with van der Waals surface area (Å²) < 4.78 is 17.5. The van der Waals surface area contributed by atoms with E-state index in [0.717, 1.165) is 0 Å². The molecule has 1 aromatic carbocycles. The fourth-order valence-electron chi connectivity index (χ4n) is 1.29. The summed E-state index contributed by atoms with van der Waals surface area (Å²) in [6.07, 6.45) is 0. The Balaban J connectivity index is 2.61. The van der Waals surface area contributed by atoms with E-state index in [1.165, 1.54) is 37.9 Å². The maximum Gasteiger partial charge on any atom is 0.329 e. The number of carbonyl (C=O) groups excluding carboxylic acids is 2. The molecule has 18 heavy (non-hydrogen) atoms. The monoisotopic (exact) mass is 271 g/mol. The first-order valence-electron chi connectivity index (χ1n) is 5.26. The molecule has 0 heterocycles. The molecule has 1 aromatic rings. The number of ether oxygens (including phenoxy) is 1. The summed E-state index contributed by atoms with van der Waals surface area (Å²) in [4.78, 5) is 23.1. The van der Waals surface area contributed by atoms with Gasteiger partial charge in [-0.2, -0.15) is 0 Å². The van der Waals surface area contributed by atoms with Gasteiger partial charge < -0.3 is 10.1 Å². The third kappa shape index (κ3) is 4.75. The standard InChI is InChI=1S/C12H14FNO3S/c1-8(15)14-11(12(16)17-2)7-18-10-5-3-4-9(13)6-10/h3-6,11H,7H2,1-2H3,(H,14,15). The van der Waals surface area contributed by atoms with Crippen LogP contribution in [0.2, 0.25) is 0 Å². The Morgan fingerprint density at radius 2 is 2.22 bits per heavy atom. The van der Waals surface area contributed by atoms with E-state index < -0.39 is 12.0 Å². The maximum absolute atomic E-state index is 13.0. The van der Waals surface area contributed by atoms with Crippen LogP contribution in [0, 0.1) is 5.82 Å². The van der Waals surface area contributed by atoms with Gasteiger partial charge in [-0.15, -0.1) is 11.8 Å². The normalized spacial score (nSPS) is 11.7. The SMILES string of the molecule is COC(=O)C(CSc1cccc(F)c1)NC(C)=O. The highest BCUT2D eigenvalue weighted by Crippen LogP contribution is 2.19. The Morgan fingerprint density at radius 1 is 1.50 bits per heavy atom. The van der Waals surface area contributed by atoms with E-state index in [0.29, 0.717) is 4.90 Å². The van der Waals surface area contributed by atoms with E-state index in [4.69, 9.17) is 0 Å². The molecule has 1 atom stereocenters. The first-order chi connectivity index (χ1) is 8.52. The number of hydrogen-bond acceptors (Lipinski definition) is 4. The molecule has 0 saturated heterocycles. The molecular weight excluding hydrogens is 257 g/mol. The van der Waals surface area contributed by atoms with Crippen molar-refractivity contribution in [2.24, 2.45) is 0 Å². The smallest absolute Gasteiger partial charge is 0.329 e. The summed E-state index contributed by atoms with van der Waals surface area (Å²) in [6, 6.07) is 5.29. The van der Waals surface area contributed by atoms with Gasteiger partial charge in [0.1, 0.15) is 11.9 Å². The number of rotatable bonds is 5. The van der Waals surface area contributed by atoms with Crippen LogP contribution in [0.1, 0.15) is 6.92 Å². The number of nitrogens with one attached hydrogen (secondary N) is 1. The third-order valence-electron chi connectivity index (χ3n) is 2.08. The summed E-state index contributed by atoms with van der Waals surface area (Å²) in [5, 5.41) is 2.49. The molecular formula is C12H14FNO3S. The van der Waals surface area contributed by atoms with Crippen molar-refractivity contribution in [3.63, 3.8) is 0 Å². The lowest BCUT2D eigenvalue weighted by atomic mass is 10.3. The minimum absolute atomic E-state index is 0.287. The van der Waals surface area contributed by atoms with Crippen LogP contribution >= 0.6 is 11.8 Å². The van der Waals surface area contributed by atoms with Crippen LogP contribution in [-0.4, -0.2) is 30.8 Å². The number of methoxy groups -OCH3 is 1. The Labute approximate surface area is 109 Å². The predicted octanol–water partition coefficient (Wildman–Crippen LogP) is 1.60. The summed E-state index contributed by atoms with van der Waals surface area (Å²) in [5.74, 6) is -0.885. The van der Waals surface area contributed by atoms with Crippen LogP contribution in [0.4, 0.5) is 4.39 Å². The van der Waals surface area contributed by atoms with Crippen LogP contribution in [-0.2, 0) is 14.3 Å². The number of hydrogen-bond donors (Lipinski definition) is 1. The second-order valence-electron chi connectivity index (χ2n) is 3.54. The number of esters is 1. The first-order valence-corrected chi connectivity index (χ1v) is 6.24. The van der Waals surface area contributed by atoms with Crippen molar-refractivity contribution in [2.75, 3.05) is 12.9 Å². The van der Waals surface area contributed by atoms with Crippen molar-refractivity contribution >= 4 is 23.6 Å². The van der Waals surface area contributed by atoms with Gasteiger partial charge in [-0.1, -0.05) is 6.07 Å². The quantitative estimate of drug-likeness (QED) is 0.653. The van der Waals surface area contributed by atoms with Gasteiger partial charge in [0.2, 0.25) is 5.91 Å². The van der Waals surface area contributed by atoms with E-state index >= 15 is 0 Å². The van der Waals surface area contributed by atoms with Crippen molar-refractivity contribution in [1.82, 2.24) is 5.32 Å². The lowest BCUT2D eigenvalue weighted by Gasteiger charge is -2.14. The molecule has 0 aromatic heterocycles. The van der Waals surface area contributed by atoms with E-state index in [1.54, 1.807) is 12.1 Å². The lowest BCUT2D eigenvalue weighted by Crippen LogP contribution is -2.42. The lowest BCUT2D eigenvalue weighted by molar-refractivity contribution is -0.144. The number of carbonyl (C=O) groups is 2. The fraction of sp³-hybridized carbons (Fsp3) is 0.333. The summed E-state index contributed by atoms with van der Waals surface area (Å²) in [6.45, 7) is 1.32. The van der Waals surface area contributed by atoms with E-state index in [1.807, 2.05) is 0 Å². The van der Waals surface area contributed by atoms with Crippen LogP contribution in [0.25, 0.3) is 0 Å². The average Bonchev–Trinajstić information content (AvgIpc) is 2.33. The van der Waals surface area contributed by atoms with Crippen molar-refractivity contribution in [1.29, 1.82) is 0 Å². The molecule has 0 saturated carbocycles. The van der Waals surface area contributed by atoms with Gasteiger partial charge in [-0.3, -0.25) is 4.79 Å². The van der Waals surface area contributed by atoms with Crippen LogP contribution in [0.5, 0.6) is 0 Å². The van der Waals surface area contributed by atoms with E-state index in [9.17, 15) is 14.0 Å². The maximum atomic E-state index is 13.0. The summed E-state index contributed by atoms with van der Waals surface area (Å²) in [5.41, 5.74) is 0. The molecule has 0 aliphatic carbocycles. The predicted molar refractivity (Wildman–Crippen MR) is 66.7 cm³/mol. The van der Waals surface area contributed by atoms with E-state index in [2.05, 4.69) is 10.1 Å². The average molecular weight is 271 g/mol. The van der Waals surface area contributed by atoms with Gasteiger partial charge in [-0.25, -0.2) is 9.18 Å². The molecule has 0 fully saturated rings. The Kier molecular flexibility index (Phi) is 5.64. The Bertz CT molecular complexity index is 439. The number of halogens is 1. The van der Waals surface area contributed by atoms with Gasteiger partial charge >= 0.3 is 5.97 Å². The Morgan fingerprint density at radius 3 is 2.78 bits per heavy atom. The van der Waals surface area contributed by atoms with Crippen molar-refractivity contribution in [2.45, 2.75) is 17.9 Å². The largest absolute Gasteiger partial charge is 0.467 e. The topological polar surface area (TPSA) is 55.4 Å². The minimum atomic E-state index is -0.735. The second-order valence-corrected chi connectivity index (χ2v) is 4.64. The third-order valence-corrected chi connectivity index (χ3v) is 3.16. The van der Waals surface area contributed by atoms with Crippen LogP contribution in [0.3, 0.4) is 0 Å². The van der Waals surface area contributed by atoms with E-state index in [-0.39, 0.29) is 17.5 Å². The van der Waals surface area contributed by atoms with Gasteiger partial charge in [-0.05, 0) is 18.2 Å². The molecule has 0 aliphatic heterocycles. The molecule has 4 nitrogen and oxygen atoms in total. The van der Waals surface area contributed by atoms with Gasteiger partial charge in [0.15, 0.2) is 0 Å². The van der Waals surface area contributed by atoms with Crippen molar-refractivity contribution in [3.05, 3.63) is 30.1 Å². The molecule has 0 radical (unpaired) electrons. The zero-order chi connectivity index (χ0) is 13.5. The molecule has 1 N–H and O–H groups in total. The molecule has 1 rings (SSSR count). The highest BCUT2D eigenvalue weighted by Gasteiger charge is 2.20. The summed E-state index contributed by atoms with van der Waals surface area (Å²) >= 11 is 1.27. The molecule has 98 valence electrons. The molecule has 0 bridgehead atoms. The highest BCUT2D eigenvalue weighted by molar-refractivity contribution is 7.99. The van der Waals surface area contributed by atoms with Crippen LogP contribution < -0.4 is 5.32 Å². The molecule has 1 unspecified atom stereocenters. The first kappa shape index (κ1) is 14.5. The van der Waals surface area contributed by atoms with Gasteiger partial charge in [0, 0.05) is 17.6 Å². The Hall–Kier alpha value is -1.56. The number of benzene rings is 1. The highest BCUT2D eigenvalue weighted by atomic mass is 32.2. The van der Waals surface area contributed by atoms with Crippen molar-refractivity contribution < 1.29 is 18.7 Å². The summed E-state index contributed by atoms with van der Waals surface area (Å²) in [7, 11) is 1.25. The van der Waals surface area contributed by atoms with Gasteiger partial charge in [0.05, 0.1) is 7.11 Å². The van der Waals surface area contributed by atoms with Crippen LogP contribution in [0.15, 0.2) is 29.2 Å². The number of thioether (sulfide) groups is 1. The van der Waals surface area contributed by atoms with Crippen molar-refractivity contribution in [3.8, 4) is 0 Å². The number of amides is 1. The molecule has 0 spiro atoms.